The van der Waals surface area contributed by atoms with Crippen LogP contribution in [0.2, 0.25) is 0 Å². The maximum absolute atomic E-state index is 9.19. The fourth-order valence-electron chi connectivity index (χ4n) is 2.65. The van der Waals surface area contributed by atoms with Gasteiger partial charge in [0, 0.05) is 6.54 Å². The van der Waals surface area contributed by atoms with Crippen molar-refractivity contribution in [1.29, 1.82) is 5.26 Å². The van der Waals surface area contributed by atoms with E-state index in [1.165, 1.54) is 32.4 Å². The highest BCUT2D eigenvalue weighted by molar-refractivity contribution is 5.06. The van der Waals surface area contributed by atoms with E-state index in [9.17, 15) is 5.26 Å². The van der Waals surface area contributed by atoms with Crippen LogP contribution in [0.25, 0.3) is 0 Å². The van der Waals surface area contributed by atoms with Gasteiger partial charge in [0.05, 0.1) is 11.5 Å². The SMILES string of the molecule is CC.CC.CC1(C)CCN(CC2(C#N)CCC2)CC1. The molecular formula is C17H34N2. The van der Waals surface area contributed by atoms with E-state index in [1.807, 2.05) is 27.7 Å². The Morgan fingerprint density at radius 3 is 1.74 bits per heavy atom. The number of hydrogen-bond acceptors (Lipinski definition) is 2. The summed E-state index contributed by atoms with van der Waals surface area (Å²) in [4.78, 5) is 2.51. The molecule has 0 N–H and O–H groups in total. The third-order valence-electron chi connectivity index (χ3n) is 4.28. The molecule has 0 bridgehead atoms. The van der Waals surface area contributed by atoms with Gasteiger partial charge in [-0.2, -0.15) is 5.26 Å². The lowest BCUT2D eigenvalue weighted by Crippen LogP contribution is -2.46. The van der Waals surface area contributed by atoms with Gasteiger partial charge in [-0.05, 0) is 44.2 Å². The largest absolute Gasteiger partial charge is 0.302 e. The zero-order valence-corrected chi connectivity index (χ0v) is 14.1. The molecule has 1 aliphatic carbocycles. The highest BCUT2D eigenvalue weighted by Gasteiger charge is 2.39. The van der Waals surface area contributed by atoms with E-state index in [0.29, 0.717) is 5.41 Å². The summed E-state index contributed by atoms with van der Waals surface area (Å²) in [6.07, 6.45) is 6.09. The van der Waals surface area contributed by atoms with Gasteiger partial charge in [0.1, 0.15) is 0 Å². The van der Waals surface area contributed by atoms with Crippen LogP contribution in [0.5, 0.6) is 0 Å². The van der Waals surface area contributed by atoms with Crippen LogP contribution in [0.3, 0.4) is 0 Å². The fraction of sp³-hybridized carbons (Fsp3) is 0.941. The van der Waals surface area contributed by atoms with E-state index in [0.717, 1.165) is 19.4 Å². The second-order valence-electron chi connectivity index (χ2n) is 6.19. The Labute approximate surface area is 121 Å². The minimum absolute atomic E-state index is 0.0292. The van der Waals surface area contributed by atoms with Crippen molar-refractivity contribution >= 4 is 0 Å². The van der Waals surface area contributed by atoms with E-state index < -0.39 is 0 Å². The first-order valence-electron chi connectivity index (χ1n) is 8.19. The van der Waals surface area contributed by atoms with E-state index in [1.54, 1.807) is 0 Å². The smallest absolute Gasteiger partial charge is 0.0703 e. The molecule has 19 heavy (non-hydrogen) atoms. The zero-order chi connectivity index (χ0) is 14.9. The van der Waals surface area contributed by atoms with Crippen molar-refractivity contribution in [3.8, 4) is 6.07 Å². The lowest BCUT2D eigenvalue weighted by molar-refractivity contribution is 0.0696. The molecule has 0 aromatic rings. The van der Waals surface area contributed by atoms with Gasteiger partial charge >= 0.3 is 0 Å². The molecule has 0 atom stereocenters. The summed E-state index contributed by atoms with van der Waals surface area (Å²) in [5.74, 6) is 0. The van der Waals surface area contributed by atoms with Crippen LogP contribution >= 0.6 is 0 Å². The summed E-state index contributed by atoms with van der Waals surface area (Å²) in [6, 6.07) is 2.54. The molecular weight excluding hydrogens is 232 g/mol. The molecule has 2 aliphatic rings. The van der Waals surface area contributed by atoms with E-state index in [2.05, 4.69) is 24.8 Å². The molecule has 0 amide bonds. The average Bonchev–Trinajstić information content (AvgIpc) is 2.40. The van der Waals surface area contributed by atoms with Crippen molar-refractivity contribution in [2.45, 2.75) is 73.6 Å². The maximum Gasteiger partial charge on any atom is 0.0703 e. The van der Waals surface area contributed by atoms with Crippen molar-refractivity contribution in [3.63, 3.8) is 0 Å². The zero-order valence-electron chi connectivity index (χ0n) is 14.1. The van der Waals surface area contributed by atoms with E-state index >= 15 is 0 Å². The summed E-state index contributed by atoms with van der Waals surface area (Å²) in [7, 11) is 0. The van der Waals surface area contributed by atoms with E-state index in [4.69, 9.17) is 0 Å². The van der Waals surface area contributed by atoms with Gasteiger partial charge in [0.25, 0.3) is 0 Å². The highest BCUT2D eigenvalue weighted by atomic mass is 15.1. The molecule has 0 unspecified atom stereocenters. The molecule has 112 valence electrons. The van der Waals surface area contributed by atoms with Crippen LogP contribution < -0.4 is 0 Å². The number of nitriles is 1. The molecule has 1 saturated heterocycles. The number of likely N-dealkylation sites (tertiary alicyclic amines) is 1. The predicted molar refractivity (Wildman–Crippen MR) is 84.0 cm³/mol. The Hall–Kier alpha value is -0.550. The first-order valence-corrected chi connectivity index (χ1v) is 8.19. The summed E-state index contributed by atoms with van der Waals surface area (Å²) < 4.78 is 0. The lowest BCUT2D eigenvalue weighted by Gasteiger charge is -2.43. The Balaban J connectivity index is 0.000000741. The molecule has 1 saturated carbocycles. The van der Waals surface area contributed by atoms with Crippen molar-refractivity contribution in [1.82, 2.24) is 4.90 Å². The van der Waals surface area contributed by atoms with Crippen LogP contribution in [0.1, 0.15) is 73.6 Å². The first-order chi connectivity index (χ1) is 9.05. The number of hydrogen-bond donors (Lipinski definition) is 0. The molecule has 0 radical (unpaired) electrons. The van der Waals surface area contributed by atoms with Gasteiger partial charge in [-0.3, -0.25) is 0 Å². The lowest BCUT2D eigenvalue weighted by atomic mass is 9.69. The molecule has 0 spiro atoms. The van der Waals surface area contributed by atoms with Gasteiger partial charge in [-0.15, -0.1) is 0 Å². The Morgan fingerprint density at radius 2 is 1.42 bits per heavy atom. The van der Waals surface area contributed by atoms with Crippen LogP contribution in [0.15, 0.2) is 0 Å². The summed E-state index contributed by atoms with van der Waals surface area (Å²) in [5, 5.41) is 9.19. The topological polar surface area (TPSA) is 27.0 Å². The van der Waals surface area contributed by atoms with Crippen molar-refractivity contribution in [2.75, 3.05) is 19.6 Å². The molecule has 0 aromatic carbocycles. The Bertz CT molecular complexity index is 261. The molecule has 2 rings (SSSR count). The highest BCUT2D eigenvalue weighted by Crippen LogP contribution is 2.42. The number of piperidine rings is 1. The molecule has 2 heteroatoms. The van der Waals surface area contributed by atoms with Crippen molar-refractivity contribution in [2.24, 2.45) is 10.8 Å². The summed E-state index contributed by atoms with van der Waals surface area (Å²) in [5.41, 5.74) is 0.553. The Kier molecular flexibility index (Phi) is 8.34. The normalized spacial score (nSPS) is 23.6. The summed E-state index contributed by atoms with van der Waals surface area (Å²) >= 11 is 0. The number of rotatable bonds is 2. The first kappa shape index (κ1) is 18.4. The van der Waals surface area contributed by atoms with Crippen LogP contribution in [0.4, 0.5) is 0 Å². The van der Waals surface area contributed by atoms with Crippen LogP contribution in [0, 0.1) is 22.2 Å². The monoisotopic (exact) mass is 266 g/mol. The standard InChI is InChI=1S/C13H22N2.2C2H6/c1-12(2)6-8-15(9-7-12)11-13(10-14)4-3-5-13;2*1-2/h3-9,11H2,1-2H3;2*1-2H3. The fourth-order valence-corrected chi connectivity index (χ4v) is 2.65. The second kappa shape index (κ2) is 8.59. The molecule has 1 heterocycles. The van der Waals surface area contributed by atoms with Crippen LogP contribution in [-0.2, 0) is 0 Å². The van der Waals surface area contributed by atoms with Gasteiger partial charge in [-0.25, -0.2) is 0 Å². The second-order valence-corrected chi connectivity index (χ2v) is 6.19. The van der Waals surface area contributed by atoms with Crippen molar-refractivity contribution < 1.29 is 0 Å². The molecule has 1 aliphatic heterocycles. The maximum atomic E-state index is 9.19. The van der Waals surface area contributed by atoms with Crippen LogP contribution in [-0.4, -0.2) is 24.5 Å². The van der Waals surface area contributed by atoms with Crippen molar-refractivity contribution in [3.05, 3.63) is 0 Å². The third kappa shape index (κ3) is 5.53. The summed E-state index contributed by atoms with van der Waals surface area (Å²) in [6.45, 7) is 16.1. The molecule has 2 nitrogen and oxygen atoms in total. The van der Waals surface area contributed by atoms with Gasteiger partial charge in [0.15, 0.2) is 0 Å². The Morgan fingerprint density at radius 1 is 0.947 bits per heavy atom. The molecule has 0 aromatic heterocycles. The van der Waals surface area contributed by atoms with E-state index in [-0.39, 0.29) is 5.41 Å². The van der Waals surface area contributed by atoms with Gasteiger partial charge in [-0.1, -0.05) is 48.0 Å². The number of nitrogens with zero attached hydrogens (tertiary/aromatic N) is 2. The van der Waals surface area contributed by atoms with Gasteiger partial charge in [0.2, 0.25) is 0 Å². The van der Waals surface area contributed by atoms with Gasteiger partial charge < -0.3 is 4.90 Å². The quantitative estimate of drug-likeness (QED) is 0.714. The minimum Gasteiger partial charge on any atom is -0.302 e. The predicted octanol–water partition coefficient (Wildman–Crippen LogP) is 4.85. The minimum atomic E-state index is 0.0292. The third-order valence-corrected chi connectivity index (χ3v) is 4.28. The average molecular weight is 266 g/mol. The molecule has 2 fully saturated rings.